The third kappa shape index (κ3) is 3.87. The summed E-state index contributed by atoms with van der Waals surface area (Å²) in [4.78, 5) is 16.5. The van der Waals surface area contributed by atoms with Gasteiger partial charge in [0.15, 0.2) is 0 Å². The van der Waals surface area contributed by atoms with E-state index in [0.29, 0.717) is 6.42 Å². The highest BCUT2D eigenvalue weighted by Gasteiger charge is 2.12. The van der Waals surface area contributed by atoms with Gasteiger partial charge in [-0.3, -0.25) is 9.78 Å². The Bertz CT molecular complexity index is 797. The van der Waals surface area contributed by atoms with Crippen molar-refractivity contribution < 1.29 is 4.79 Å². The SMILES string of the molecule is Cc1cnn(-c2ccccc2)c1NC(=O)CCCc1ccccn1. The van der Waals surface area contributed by atoms with Crippen molar-refractivity contribution in [3.8, 4) is 5.69 Å². The number of carbonyl (C=O) groups excluding carboxylic acids is 1. The lowest BCUT2D eigenvalue weighted by molar-refractivity contribution is -0.116. The minimum absolute atomic E-state index is 0.00767. The second kappa shape index (κ2) is 7.55. The molecular formula is C19H20N4O. The molecule has 0 aliphatic rings. The van der Waals surface area contributed by atoms with Gasteiger partial charge in [0.25, 0.3) is 0 Å². The number of hydrogen-bond donors (Lipinski definition) is 1. The molecule has 24 heavy (non-hydrogen) atoms. The van der Waals surface area contributed by atoms with Crippen LogP contribution in [0.2, 0.25) is 0 Å². The van der Waals surface area contributed by atoms with Crippen molar-refractivity contribution in [2.45, 2.75) is 26.2 Å². The molecule has 2 heterocycles. The number of carbonyl (C=O) groups is 1. The quantitative estimate of drug-likeness (QED) is 0.756. The number of pyridine rings is 1. The highest BCUT2D eigenvalue weighted by Crippen LogP contribution is 2.19. The minimum Gasteiger partial charge on any atom is -0.310 e. The van der Waals surface area contributed by atoms with Crippen LogP contribution in [0.5, 0.6) is 0 Å². The van der Waals surface area contributed by atoms with Crippen molar-refractivity contribution in [3.05, 3.63) is 72.2 Å². The molecule has 5 heteroatoms. The first-order valence-corrected chi connectivity index (χ1v) is 8.04. The summed E-state index contributed by atoms with van der Waals surface area (Å²) in [5.74, 6) is 0.718. The van der Waals surface area contributed by atoms with E-state index in [9.17, 15) is 4.79 Å². The number of rotatable bonds is 6. The molecule has 1 amide bonds. The maximum atomic E-state index is 12.3. The van der Waals surface area contributed by atoms with Gasteiger partial charge in [0.2, 0.25) is 5.91 Å². The van der Waals surface area contributed by atoms with Gasteiger partial charge in [-0.05, 0) is 44.0 Å². The molecular weight excluding hydrogens is 300 g/mol. The fraction of sp³-hybridized carbons (Fsp3) is 0.211. The van der Waals surface area contributed by atoms with Crippen molar-refractivity contribution in [3.63, 3.8) is 0 Å². The predicted octanol–water partition coefficient (Wildman–Crippen LogP) is 3.54. The first-order chi connectivity index (χ1) is 11.7. The van der Waals surface area contributed by atoms with E-state index in [0.717, 1.165) is 35.6 Å². The predicted molar refractivity (Wildman–Crippen MR) is 94.1 cm³/mol. The zero-order valence-electron chi connectivity index (χ0n) is 13.6. The summed E-state index contributed by atoms with van der Waals surface area (Å²) in [5, 5.41) is 7.34. The Hall–Kier alpha value is -2.95. The van der Waals surface area contributed by atoms with E-state index in [1.54, 1.807) is 17.1 Å². The van der Waals surface area contributed by atoms with Crippen LogP contribution in [0.25, 0.3) is 5.69 Å². The molecule has 0 unspecified atom stereocenters. The molecule has 122 valence electrons. The van der Waals surface area contributed by atoms with Crippen LogP contribution in [-0.2, 0) is 11.2 Å². The highest BCUT2D eigenvalue weighted by molar-refractivity contribution is 5.90. The van der Waals surface area contributed by atoms with Crippen molar-refractivity contribution in [1.29, 1.82) is 0 Å². The van der Waals surface area contributed by atoms with Crippen molar-refractivity contribution >= 4 is 11.7 Å². The average molecular weight is 320 g/mol. The Kier molecular flexibility index (Phi) is 5.01. The van der Waals surface area contributed by atoms with Gasteiger partial charge in [-0.1, -0.05) is 24.3 Å². The number of aromatic nitrogens is 3. The maximum absolute atomic E-state index is 12.3. The molecule has 0 aliphatic carbocycles. The van der Waals surface area contributed by atoms with E-state index in [1.807, 2.05) is 55.5 Å². The number of aryl methyl sites for hydroxylation is 2. The van der Waals surface area contributed by atoms with Crippen molar-refractivity contribution in [2.24, 2.45) is 0 Å². The Morgan fingerprint density at radius 3 is 2.67 bits per heavy atom. The van der Waals surface area contributed by atoms with E-state index >= 15 is 0 Å². The number of anilines is 1. The summed E-state index contributed by atoms with van der Waals surface area (Å²) >= 11 is 0. The fourth-order valence-corrected chi connectivity index (χ4v) is 2.52. The van der Waals surface area contributed by atoms with Gasteiger partial charge in [0, 0.05) is 23.9 Å². The number of nitrogens with zero attached hydrogens (tertiary/aromatic N) is 3. The van der Waals surface area contributed by atoms with E-state index in [-0.39, 0.29) is 5.91 Å². The molecule has 0 saturated carbocycles. The Labute approximate surface area is 141 Å². The van der Waals surface area contributed by atoms with Crippen molar-refractivity contribution in [2.75, 3.05) is 5.32 Å². The van der Waals surface area contributed by atoms with Crippen LogP contribution in [0.15, 0.2) is 60.9 Å². The molecule has 0 bridgehead atoms. The molecule has 1 aromatic carbocycles. The van der Waals surface area contributed by atoms with Crippen LogP contribution in [-0.4, -0.2) is 20.7 Å². The number of benzene rings is 1. The summed E-state index contributed by atoms with van der Waals surface area (Å²) < 4.78 is 1.76. The first kappa shape index (κ1) is 15.9. The molecule has 0 spiro atoms. The second-order valence-electron chi connectivity index (χ2n) is 5.65. The lowest BCUT2D eigenvalue weighted by Crippen LogP contribution is -2.15. The smallest absolute Gasteiger partial charge is 0.225 e. The average Bonchev–Trinajstić information content (AvgIpc) is 2.97. The molecule has 5 nitrogen and oxygen atoms in total. The van der Waals surface area contributed by atoms with E-state index in [4.69, 9.17) is 0 Å². The molecule has 1 N–H and O–H groups in total. The Morgan fingerprint density at radius 2 is 1.92 bits per heavy atom. The minimum atomic E-state index is -0.00767. The van der Waals surface area contributed by atoms with Gasteiger partial charge in [-0.15, -0.1) is 0 Å². The molecule has 0 aliphatic heterocycles. The zero-order valence-corrected chi connectivity index (χ0v) is 13.6. The standard InChI is InChI=1S/C19H20N4O/c1-15-14-21-23(17-10-3-2-4-11-17)19(15)22-18(24)12-7-9-16-8-5-6-13-20-16/h2-6,8,10-11,13-14H,7,9,12H2,1H3,(H,22,24). The van der Waals surface area contributed by atoms with Gasteiger partial charge in [-0.2, -0.15) is 5.10 Å². The number of para-hydroxylation sites is 1. The largest absolute Gasteiger partial charge is 0.310 e. The van der Waals surface area contributed by atoms with Gasteiger partial charge in [-0.25, -0.2) is 4.68 Å². The van der Waals surface area contributed by atoms with Crippen LogP contribution in [0.3, 0.4) is 0 Å². The number of hydrogen-bond acceptors (Lipinski definition) is 3. The van der Waals surface area contributed by atoms with E-state index < -0.39 is 0 Å². The Balaban J connectivity index is 1.62. The van der Waals surface area contributed by atoms with Crippen molar-refractivity contribution in [1.82, 2.24) is 14.8 Å². The van der Waals surface area contributed by atoms with Crippen LogP contribution < -0.4 is 5.32 Å². The van der Waals surface area contributed by atoms with Crippen LogP contribution in [0.4, 0.5) is 5.82 Å². The summed E-state index contributed by atoms with van der Waals surface area (Å²) in [6.45, 7) is 1.94. The Morgan fingerprint density at radius 1 is 1.12 bits per heavy atom. The van der Waals surface area contributed by atoms with E-state index in [2.05, 4.69) is 15.4 Å². The number of amides is 1. The third-order valence-corrected chi connectivity index (χ3v) is 3.77. The monoisotopic (exact) mass is 320 g/mol. The first-order valence-electron chi connectivity index (χ1n) is 8.04. The molecule has 2 aromatic heterocycles. The lowest BCUT2D eigenvalue weighted by Gasteiger charge is -2.10. The molecule has 0 fully saturated rings. The topological polar surface area (TPSA) is 59.8 Å². The van der Waals surface area contributed by atoms with Gasteiger partial charge in [0.05, 0.1) is 11.9 Å². The number of nitrogens with one attached hydrogen (secondary N) is 1. The fourth-order valence-electron chi connectivity index (χ4n) is 2.52. The van der Waals surface area contributed by atoms with Gasteiger partial charge >= 0.3 is 0 Å². The molecule has 0 atom stereocenters. The van der Waals surface area contributed by atoms with Gasteiger partial charge in [0.1, 0.15) is 5.82 Å². The highest BCUT2D eigenvalue weighted by atomic mass is 16.1. The maximum Gasteiger partial charge on any atom is 0.225 e. The summed E-state index contributed by atoms with van der Waals surface area (Å²) in [5.41, 5.74) is 2.88. The molecule has 3 rings (SSSR count). The molecule has 0 saturated heterocycles. The summed E-state index contributed by atoms with van der Waals surface area (Å²) in [6, 6.07) is 15.6. The van der Waals surface area contributed by atoms with Crippen LogP contribution in [0, 0.1) is 6.92 Å². The molecule has 3 aromatic rings. The summed E-state index contributed by atoms with van der Waals surface area (Å²) in [7, 11) is 0. The van der Waals surface area contributed by atoms with E-state index in [1.165, 1.54) is 0 Å². The zero-order chi connectivity index (χ0) is 16.8. The van der Waals surface area contributed by atoms with Crippen LogP contribution in [0.1, 0.15) is 24.1 Å². The van der Waals surface area contributed by atoms with Gasteiger partial charge < -0.3 is 5.32 Å². The third-order valence-electron chi connectivity index (χ3n) is 3.77. The van der Waals surface area contributed by atoms with Crippen LogP contribution >= 0.6 is 0 Å². The summed E-state index contributed by atoms with van der Waals surface area (Å²) in [6.07, 6.45) is 5.55. The molecule has 0 radical (unpaired) electrons. The normalized spacial score (nSPS) is 10.5. The lowest BCUT2D eigenvalue weighted by atomic mass is 10.1. The second-order valence-corrected chi connectivity index (χ2v) is 5.65.